The molecule has 0 bridgehead atoms. The van der Waals surface area contributed by atoms with Gasteiger partial charge in [-0.15, -0.1) is 0 Å². The maximum Gasteiger partial charge on any atom is 0.306 e. The van der Waals surface area contributed by atoms with Crippen LogP contribution in [-0.4, -0.2) is 67.9 Å². The number of aryl methyl sites for hydroxylation is 1. The molecular formula is C62H82BrO10P. The van der Waals surface area contributed by atoms with Crippen molar-refractivity contribution in [2.75, 3.05) is 25.2 Å². The van der Waals surface area contributed by atoms with E-state index in [-0.39, 0.29) is 51.6 Å². The molecule has 402 valence electrons. The summed E-state index contributed by atoms with van der Waals surface area (Å²) in [4.78, 5) is 13.7. The van der Waals surface area contributed by atoms with Crippen molar-refractivity contribution >= 4 is 29.9 Å². The van der Waals surface area contributed by atoms with Crippen LogP contribution in [0.5, 0.6) is 0 Å². The van der Waals surface area contributed by atoms with E-state index in [2.05, 4.69) is 28.9 Å². The molecule has 1 saturated heterocycles. The Morgan fingerprint density at radius 3 is 1.53 bits per heavy atom. The van der Waals surface area contributed by atoms with Crippen LogP contribution in [-0.2, 0) is 86.1 Å². The van der Waals surface area contributed by atoms with Gasteiger partial charge in [0, 0.05) is 17.9 Å². The van der Waals surface area contributed by atoms with E-state index in [9.17, 15) is 9.36 Å². The first-order valence-electron chi connectivity index (χ1n) is 27.3. The minimum absolute atomic E-state index is 0.117. The van der Waals surface area contributed by atoms with Gasteiger partial charge in [-0.1, -0.05) is 245 Å². The zero-order chi connectivity index (χ0) is 51.7. The Morgan fingerprint density at radius 2 is 1.00 bits per heavy atom. The minimum atomic E-state index is -2.59. The molecular weight excluding hydrogens is 1020 g/mol. The summed E-state index contributed by atoms with van der Waals surface area (Å²) in [6, 6.07) is 47.9. The van der Waals surface area contributed by atoms with E-state index >= 15 is 0 Å². The fourth-order valence-corrected chi connectivity index (χ4v) is 10.8. The van der Waals surface area contributed by atoms with Gasteiger partial charge in [-0.3, -0.25) is 9.36 Å². The molecule has 0 aliphatic carbocycles. The van der Waals surface area contributed by atoms with Crippen LogP contribution < -0.4 is 0 Å². The summed E-state index contributed by atoms with van der Waals surface area (Å²) >= 11 is 3.55. The van der Waals surface area contributed by atoms with Gasteiger partial charge in [-0.25, -0.2) is 0 Å². The van der Waals surface area contributed by atoms with Crippen molar-refractivity contribution < 1.29 is 47.0 Å². The summed E-state index contributed by atoms with van der Waals surface area (Å²) in [5.41, 5.74) is 6.04. The van der Waals surface area contributed by atoms with Crippen molar-refractivity contribution in [3.05, 3.63) is 179 Å². The van der Waals surface area contributed by atoms with Crippen LogP contribution in [0.2, 0.25) is 0 Å². The monoisotopic (exact) mass is 1100 g/mol. The molecule has 0 radical (unpaired) electrons. The second kappa shape index (κ2) is 36.1. The van der Waals surface area contributed by atoms with Gasteiger partial charge in [0.05, 0.1) is 46.2 Å². The number of ether oxygens (including phenoxy) is 7. The highest BCUT2D eigenvalue weighted by Crippen LogP contribution is 2.34. The highest BCUT2D eigenvalue weighted by molar-refractivity contribution is 9.09. The van der Waals surface area contributed by atoms with E-state index in [1.54, 1.807) is 0 Å². The molecule has 1 fully saturated rings. The maximum absolute atomic E-state index is 13.7. The number of alkyl halides is 1. The largest absolute Gasteiger partial charge is 0.457 e. The number of hydrogen-bond acceptors (Lipinski definition) is 10. The molecule has 1 aliphatic heterocycles. The third kappa shape index (κ3) is 22.7. The molecule has 0 aromatic heterocycles. The second-order valence-electron chi connectivity index (χ2n) is 19.3. The topological polar surface area (TPSA) is 108 Å². The Labute approximate surface area is 451 Å². The minimum Gasteiger partial charge on any atom is -0.457 e. The molecule has 2 unspecified atom stereocenters. The molecule has 74 heavy (non-hydrogen) atoms. The van der Waals surface area contributed by atoms with Crippen molar-refractivity contribution in [1.82, 2.24) is 0 Å². The number of carbonyl (C=O) groups excluding carboxylic acids is 1. The number of esters is 1. The predicted molar refractivity (Wildman–Crippen MR) is 299 cm³/mol. The molecule has 0 N–H and O–H groups in total. The summed E-state index contributed by atoms with van der Waals surface area (Å²) in [6.07, 6.45) is 12.3. The molecule has 12 heteroatoms. The van der Waals surface area contributed by atoms with Crippen LogP contribution in [0.15, 0.2) is 146 Å². The van der Waals surface area contributed by atoms with Crippen molar-refractivity contribution in [2.24, 2.45) is 0 Å². The standard InChI is InChI=1S/C62H82BrO10P/c1-2-3-4-5-6-7-8-9-10-11-12-13-26-39-58(64)72-56(47-71-74(65)49-55-38-28-27-37-54(55)40-41-63)46-70-62-61(69-45-53-35-24-17-25-36-53)60(68-44-52-33-22-16-23-34-52)59(67-43-51-31-20-15-21-32-51)57(73-62)48-66-42-50-29-18-14-19-30-50/h14-25,27-38,56-57,59-62,74H,2-13,26,39-49H2,1H3/t56?,57-,59-,60+,61+,62-/m1/s1. The van der Waals surface area contributed by atoms with Crippen LogP contribution in [0.4, 0.5) is 0 Å². The van der Waals surface area contributed by atoms with Gasteiger partial charge in [-0.2, -0.15) is 0 Å². The van der Waals surface area contributed by atoms with Gasteiger partial charge in [0.1, 0.15) is 30.5 Å². The smallest absolute Gasteiger partial charge is 0.306 e. The fourth-order valence-electron chi connectivity index (χ4n) is 9.20. The van der Waals surface area contributed by atoms with Gasteiger partial charge >= 0.3 is 5.97 Å². The maximum atomic E-state index is 13.7. The zero-order valence-electron chi connectivity index (χ0n) is 43.8. The first-order valence-corrected chi connectivity index (χ1v) is 30.0. The molecule has 0 amide bonds. The van der Waals surface area contributed by atoms with Crippen LogP contribution in [0.1, 0.15) is 130 Å². The van der Waals surface area contributed by atoms with E-state index in [1.807, 2.05) is 140 Å². The predicted octanol–water partition coefficient (Wildman–Crippen LogP) is 14.7. The van der Waals surface area contributed by atoms with Crippen molar-refractivity contribution in [2.45, 2.75) is 173 Å². The Kier molecular flexibility index (Phi) is 28.9. The Morgan fingerprint density at radius 1 is 0.541 bits per heavy atom. The number of hydrogen-bond donors (Lipinski definition) is 0. The van der Waals surface area contributed by atoms with E-state index in [0.29, 0.717) is 13.2 Å². The van der Waals surface area contributed by atoms with Gasteiger partial charge in [0.25, 0.3) is 0 Å². The SMILES string of the molecule is CCCCCCCCCCCCCCCC(=O)OC(CO[C@@H]1O[C@H](COCc2ccccc2)[C@@H](OCc2ccccc2)[C@H](OCc2ccccc2)[C@@H]1OCc1ccccc1)CO[PH](=O)Cc1ccccc1CCBr. The van der Waals surface area contributed by atoms with Crippen LogP contribution >= 0.6 is 24.0 Å². The van der Waals surface area contributed by atoms with E-state index < -0.39 is 44.8 Å². The zero-order valence-corrected chi connectivity index (χ0v) is 46.3. The molecule has 0 spiro atoms. The molecule has 0 saturated carbocycles. The highest BCUT2D eigenvalue weighted by Gasteiger charge is 2.49. The van der Waals surface area contributed by atoms with E-state index in [1.165, 1.54) is 64.2 Å². The Bertz CT molecular complexity index is 2240. The van der Waals surface area contributed by atoms with Gasteiger partial charge in [0.2, 0.25) is 0 Å². The lowest BCUT2D eigenvalue weighted by atomic mass is 9.97. The summed E-state index contributed by atoms with van der Waals surface area (Å²) in [5.74, 6) is -0.348. The van der Waals surface area contributed by atoms with Gasteiger partial charge in [-0.05, 0) is 46.2 Å². The third-order valence-corrected chi connectivity index (χ3v) is 14.9. The third-order valence-electron chi connectivity index (χ3n) is 13.3. The number of carbonyl (C=O) groups is 1. The lowest BCUT2D eigenvalue weighted by Gasteiger charge is -2.46. The molecule has 5 aromatic rings. The number of rotatable bonds is 38. The molecule has 6 rings (SSSR count). The Hall–Kier alpha value is -4.00. The second-order valence-corrected chi connectivity index (χ2v) is 21.5. The molecule has 10 nitrogen and oxygen atoms in total. The van der Waals surface area contributed by atoms with Crippen molar-refractivity contribution in [3.63, 3.8) is 0 Å². The van der Waals surface area contributed by atoms with Crippen LogP contribution in [0, 0.1) is 0 Å². The van der Waals surface area contributed by atoms with E-state index in [0.717, 1.165) is 64.4 Å². The average molecular weight is 1100 g/mol. The quantitative estimate of drug-likeness (QED) is 0.0164. The normalized spacial score (nSPS) is 18.5. The fraction of sp³-hybridized carbons (Fsp3) is 0.500. The van der Waals surface area contributed by atoms with Crippen LogP contribution in [0.3, 0.4) is 0 Å². The van der Waals surface area contributed by atoms with E-state index in [4.69, 9.17) is 37.7 Å². The van der Waals surface area contributed by atoms with Crippen molar-refractivity contribution in [3.8, 4) is 0 Å². The van der Waals surface area contributed by atoms with Gasteiger partial charge < -0.3 is 37.7 Å². The summed E-state index contributed by atoms with van der Waals surface area (Å²) < 4.78 is 66.7. The number of halogens is 1. The lowest BCUT2D eigenvalue weighted by Crippen LogP contribution is -2.62. The molecule has 1 heterocycles. The first kappa shape index (κ1) is 59.2. The van der Waals surface area contributed by atoms with Crippen molar-refractivity contribution in [1.29, 1.82) is 0 Å². The lowest BCUT2D eigenvalue weighted by molar-refractivity contribution is -0.331. The van der Waals surface area contributed by atoms with Gasteiger partial charge in [0.15, 0.2) is 14.3 Å². The molecule has 7 atom stereocenters. The highest BCUT2D eigenvalue weighted by atomic mass is 79.9. The summed E-state index contributed by atoms with van der Waals surface area (Å²) in [7, 11) is -2.59. The number of unbranched alkanes of at least 4 members (excludes halogenated alkanes) is 12. The first-order chi connectivity index (χ1) is 36.5. The molecule has 1 aliphatic rings. The average Bonchev–Trinajstić information content (AvgIpc) is 3.43. The summed E-state index contributed by atoms with van der Waals surface area (Å²) in [5, 5.41) is 0.789. The van der Waals surface area contributed by atoms with Crippen LogP contribution in [0.25, 0.3) is 0 Å². The number of benzene rings is 5. The summed E-state index contributed by atoms with van der Waals surface area (Å²) in [6.45, 7) is 3.34. The molecule has 5 aromatic carbocycles. The Balaban J connectivity index is 1.19.